The van der Waals surface area contributed by atoms with E-state index in [0.717, 1.165) is 11.3 Å². The van der Waals surface area contributed by atoms with Gasteiger partial charge in [0.05, 0.1) is 12.1 Å². The first-order valence-corrected chi connectivity index (χ1v) is 9.51. The molecule has 0 aliphatic carbocycles. The fourth-order valence-electron chi connectivity index (χ4n) is 2.86. The smallest absolute Gasteiger partial charge is 0.0812 e. The van der Waals surface area contributed by atoms with Gasteiger partial charge in [0.15, 0.2) is 0 Å². The van der Waals surface area contributed by atoms with Gasteiger partial charge in [-0.2, -0.15) is 0 Å². The fourth-order valence-corrected chi connectivity index (χ4v) is 3.22. The third-order valence-electron chi connectivity index (χ3n) is 4.31. The van der Waals surface area contributed by atoms with Crippen LogP contribution in [0.15, 0.2) is 78.9 Å². The summed E-state index contributed by atoms with van der Waals surface area (Å²) in [6.07, 6.45) is 0.0999. The minimum atomic E-state index is -0.510. The predicted octanol–water partition coefficient (Wildman–Crippen LogP) is 5.88. The molecule has 3 rings (SSSR count). The second kappa shape index (κ2) is 8.50. The number of aliphatic hydroxyl groups is 1. The van der Waals surface area contributed by atoms with E-state index in [1.807, 2.05) is 30.3 Å². The predicted molar refractivity (Wildman–Crippen MR) is 113 cm³/mol. The topological polar surface area (TPSA) is 32.3 Å². The summed E-state index contributed by atoms with van der Waals surface area (Å²) in [4.78, 5) is 0. The molecule has 2 atom stereocenters. The second-order valence-corrected chi connectivity index (χ2v) is 7.52. The summed E-state index contributed by atoms with van der Waals surface area (Å²) < 4.78 is 1.21. The summed E-state index contributed by atoms with van der Waals surface area (Å²) in [6.45, 7) is 2.09. The summed E-state index contributed by atoms with van der Waals surface area (Å²) in [6, 6.07) is 26.7. The Morgan fingerprint density at radius 3 is 2.12 bits per heavy atom. The number of anilines is 1. The van der Waals surface area contributed by atoms with Crippen LogP contribution < -0.4 is 5.32 Å². The van der Waals surface area contributed by atoms with Gasteiger partial charge in [-0.3, -0.25) is 0 Å². The second-order valence-electron chi connectivity index (χ2n) is 6.28. The van der Waals surface area contributed by atoms with Gasteiger partial charge in [0.25, 0.3) is 0 Å². The van der Waals surface area contributed by atoms with Gasteiger partial charge in [-0.15, -0.1) is 0 Å². The van der Waals surface area contributed by atoms with Crippen LogP contribution in [0.1, 0.15) is 35.3 Å². The van der Waals surface area contributed by atoms with E-state index in [1.165, 1.54) is 14.7 Å². The Balaban J connectivity index is 1.83. The highest BCUT2D eigenvalue weighted by molar-refractivity contribution is 14.1. The van der Waals surface area contributed by atoms with Crippen molar-refractivity contribution < 1.29 is 5.11 Å². The van der Waals surface area contributed by atoms with Crippen LogP contribution in [0.5, 0.6) is 0 Å². The SMILES string of the molecule is Cc1ccc(C(CC(O)c2ccccc2)Nc2ccc(I)cc2)cc1. The van der Waals surface area contributed by atoms with Gasteiger partial charge in [0, 0.05) is 15.7 Å². The zero-order chi connectivity index (χ0) is 17.6. The molecule has 0 aliphatic heterocycles. The molecule has 0 aromatic heterocycles. The van der Waals surface area contributed by atoms with Crippen LogP contribution in [0.2, 0.25) is 0 Å². The average molecular weight is 443 g/mol. The van der Waals surface area contributed by atoms with Crippen LogP contribution in [-0.2, 0) is 0 Å². The zero-order valence-corrected chi connectivity index (χ0v) is 16.4. The van der Waals surface area contributed by atoms with E-state index in [2.05, 4.69) is 83.4 Å². The lowest BCUT2D eigenvalue weighted by Gasteiger charge is -2.24. The molecule has 0 saturated heterocycles. The van der Waals surface area contributed by atoms with E-state index in [-0.39, 0.29) is 6.04 Å². The van der Waals surface area contributed by atoms with Crippen molar-refractivity contribution >= 4 is 28.3 Å². The maximum atomic E-state index is 10.7. The number of rotatable bonds is 6. The molecule has 0 amide bonds. The van der Waals surface area contributed by atoms with Crippen molar-refractivity contribution in [2.24, 2.45) is 0 Å². The molecule has 0 saturated carbocycles. The van der Waals surface area contributed by atoms with E-state index in [9.17, 15) is 5.11 Å². The van der Waals surface area contributed by atoms with E-state index in [0.29, 0.717) is 6.42 Å². The minimum absolute atomic E-state index is 0.0378. The Morgan fingerprint density at radius 1 is 0.840 bits per heavy atom. The van der Waals surface area contributed by atoms with Crippen molar-refractivity contribution in [2.75, 3.05) is 5.32 Å². The molecule has 2 unspecified atom stereocenters. The molecule has 2 nitrogen and oxygen atoms in total. The molecular formula is C22H22INO. The molecule has 3 aromatic carbocycles. The highest BCUT2D eigenvalue weighted by atomic mass is 127. The Morgan fingerprint density at radius 2 is 1.48 bits per heavy atom. The Labute approximate surface area is 163 Å². The van der Waals surface area contributed by atoms with Crippen molar-refractivity contribution in [3.63, 3.8) is 0 Å². The number of hydrogen-bond donors (Lipinski definition) is 2. The lowest BCUT2D eigenvalue weighted by molar-refractivity contribution is 0.160. The standard InChI is InChI=1S/C22H22INO/c1-16-7-9-17(10-8-16)21(24-20-13-11-19(23)12-14-20)15-22(25)18-5-3-2-4-6-18/h2-14,21-22,24-25H,15H2,1H3. The molecule has 0 aliphatic rings. The number of halogens is 1. The van der Waals surface area contributed by atoms with Gasteiger partial charge < -0.3 is 10.4 Å². The quantitative estimate of drug-likeness (QED) is 0.467. The maximum Gasteiger partial charge on any atom is 0.0812 e. The fraction of sp³-hybridized carbons (Fsp3) is 0.182. The van der Waals surface area contributed by atoms with Gasteiger partial charge in [-0.25, -0.2) is 0 Å². The van der Waals surface area contributed by atoms with Gasteiger partial charge in [0.1, 0.15) is 0 Å². The highest BCUT2D eigenvalue weighted by Gasteiger charge is 2.18. The molecule has 0 fully saturated rings. The van der Waals surface area contributed by atoms with Crippen molar-refractivity contribution in [1.82, 2.24) is 0 Å². The van der Waals surface area contributed by atoms with Crippen molar-refractivity contribution in [3.05, 3.63) is 99.1 Å². The Kier molecular flexibility index (Phi) is 6.10. The number of aliphatic hydroxyl groups excluding tert-OH is 1. The van der Waals surface area contributed by atoms with Crippen LogP contribution in [0.25, 0.3) is 0 Å². The van der Waals surface area contributed by atoms with Gasteiger partial charge >= 0.3 is 0 Å². The summed E-state index contributed by atoms with van der Waals surface area (Å²) >= 11 is 2.31. The average Bonchev–Trinajstić information content (AvgIpc) is 2.64. The molecular weight excluding hydrogens is 421 g/mol. The van der Waals surface area contributed by atoms with Gasteiger partial charge in [-0.1, -0.05) is 60.2 Å². The summed E-state index contributed by atoms with van der Waals surface area (Å²) in [7, 11) is 0. The molecule has 0 heterocycles. The van der Waals surface area contributed by atoms with E-state index < -0.39 is 6.10 Å². The number of hydrogen-bond acceptors (Lipinski definition) is 2. The summed E-state index contributed by atoms with van der Waals surface area (Å²) in [5.74, 6) is 0. The number of aryl methyl sites for hydroxylation is 1. The molecule has 0 bridgehead atoms. The van der Waals surface area contributed by atoms with Crippen LogP contribution in [0, 0.1) is 10.5 Å². The van der Waals surface area contributed by atoms with E-state index in [1.54, 1.807) is 0 Å². The van der Waals surface area contributed by atoms with Crippen LogP contribution in [-0.4, -0.2) is 5.11 Å². The third kappa shape index (κ3) is 5.06. The molecule has 0 spiro atoms. The van der Waals surface area contributed by atoms with Crippen molar-refractivity contribution in [2.45, 2.75) is 25.5 Å². The minimum Gasteiger partial charge on any atom is -0.388 e. The molecule has 2 N–H and O–H groups in total. The van der Waals surface area contributed by atoms with Crippen LogP contribution in [0.3, 0.4) is 0 Å². The third-order valence-corrected chi connectivity index (χ3v) is 5.03. The maximum absolute atomic E-state index is 10.7. The number of nitrogens with one attached hydrogen (secondary N) is 1. The molecule has 0 radical (unpaired) electrons. The first kappa shape index (κ1) is 18.0. The van der Waals surface area contributed by atoms with Crippen molar-refractivity contribution in [1.29, 1.82) is 0 Å². The first-order chi connectivity index (χ1) is 12.1. The van der Waals surface area contributed by atoms with Gasteiger partial charge in [-0.05, 0) is 64.9 Å². The van der Waals surface area contributed by atoms with E-state index in [4.69, 9.17) is 0 Å². The molecule has 128 valence electrons. The largest absolute Gasteiger partial charge is 0.388 e. The highest BCUT2D eigenvalue weighted by Crippen LogP contribution is 2.30. The summed E-state index contributed by atoms with van der Waals surface area (Å²) in [5.41, 5.74) is 4.43. The Bertz CT molecular complexity index is 785. The van der Waals surface area contributed by atoms with Gasteiger partial charge in [0.2, 0.25) is 0 Å². The molecule has 3 heteroatoms. The lowest BCUT2D eigenvalue weighted by Crippen LogP contribution is -2.15. The van der Waals surface area contributed by atoms with E-state index >= 15 is 0 Å². The lowest BCUT2D eigenvalue weighted by atomic mass is 9.96. The zero-order valence-electron chi connectivity index (χ0n) is 14.2. The number of benzene rings is 3. The van der Waals surface area contributed by atoms with Crippen molar-refractivity contribution in [3.8, 4) is 0 Å². The normalized spacial score (nSPS) is 13.2. The molecule has 3 aromatic rings. The van der Waals surface area contributed by atoms with Crippen LogP contribution >= 0.6 is 22.6 Å². The Hall–Kier alpha value is -1.85. The van der Waals surface area contributed by atoms with Crippen LogP contribution in [0.4, 0.5) is 5.69 Å². The monoisotopic (exact) mass is 443 g/mol. The molecule has 25 heavy (non-hydrogen) atoms. The first-order valence-electron chi connectivity index (χ1n) is 8.43. The summed E-state index contributed by atoms with van der Waals surface area (Å²) in [5, 5.41) is 14.3.